The fourth-order valence-corrected chi connectivity index (χ4v) is 2.72. The summed E-state index contributed by atoms with van der Waals surface area (Å²) < 4.78 is 5.22. The van der Waals surface area contributed by atoms with E-state index in [1.807, 2.05) is 4.90 Å². The Kier molecular flexibility index (Phi) is 4.09. The lowest BCUT2D eigenvalue weighted by Crippen LogP contribution is -2.50. The molecule has 0 aliphatic carbocycles. The molecule has 0 unspecified atom stereocenters. The molecule has 134 valence electrons. The lowest BCUT2D eigenvalue weighted by Gasteiger charge is -2.35. The fraction of sp³-hybridized carbons (Fsp3) is 0.267. The van der Waals surface area contributed by atoms with Crippen LogP contribution in [0.5, 0.6) is 0 Å². The number of rotatable bonds is 3. The van der Waals surface area contributed by atoms with Gasteiger partial charge in [-0.2, -0.15) is 10.1 Å². The topological polar surface area (TPSA) is 136 Å². The molecule has 0 saturated carbocycles. The van der Waals surface area contributed by atoms with Gasteiger partial charge < -0.3 is 14.2 Å². The number of hydrogen-bond donors (Lipinski definition) is 3. The van der Waals surface area contributed by atoms with Gasteiger partial charge in [0.25, 0.3) is 11.5 Å². The van der Waals surface area contributed by atoms with Crippen molar-refractivity contribution in [3.63, 3.8) is 0 Å². The van der Waals surface area contributed by atoms with Crippen LogP contribution in [-0.2, 0) is 0 Å². The summed E-state index contributed by atoms with van der Waals surface area (Å²) in [6.07, 6.45) is 3.13. The SMILES string of the molecule is O=C(Nc1n[nH]c(-c2ccco2)n1)N1CCN(c2cn[nH]c(=O)c2)CC1. The number of aromatic nitrogens is 5. The summed E-state index contributed by atoms with van der Waals surface area (Å²) in [6.45, 7) is 2.22. The van der Waals surface area contributed by atoms with Crippen molar-refractivity contribution in [2.45, 2.75) is 0 Å². The van der Waals surface area contributed by atoms with Crippen molar-refractivity contribution in [2.24, 2.45) is 0 Å². The number of aromatic amines is 2. The van der Waals surface area contributed by atoms with Gasteiger partial charge in [-0.3, -0.25) is 15.2 Å². The van der Waals surface area contributed by atoms with Crippen molar-refractivity contribution in [1.29, 1.82) is 0 Å². The average molecular weight is 356 g/mol. The molecule has 4 heterocycles. The van der Waals surface area contributed by atoms with Crippen LogP contribution in [0.25, 0.3) is 11.6 Å². The van der Waals surface area contributed by atoms with E-state index < -0.39 is 0 Å². The molecule has 3 aromatic rings. The second-order valence-electron chi connectivity index (χ2n) is 5.69. The van der Waals surface area contributed by atoms with E-state index in [0.717, 1.165) is 5.69 Å². The number of hydrogen-bond acceptors (Lipinski definition) is 7. The minimum atomic E-state index is -0.279. The zero-order valence-electron chi connectivity index (χ0n) is 13.7. The highest BCUT2D eigenvalue weighted by Crippen LogP contribution is 2.17. The van der Waals surface area contributed by atoms with Crippen molar-refractivity contribution in [1.82, 2.24) is 30.3 Å². The van der Waals surface area contributed by atoms with Crippen LogP contribution in [0.15, 0.2) is 39.9 Å². The van der Waals surface area contributed by atoms with Crippen LogP contribution >= 0.6 is 0 Å². The first-order valence-electron chi connectivity index (χ1n) is 8.01. The average Bonchev–Trinajstić information content (AvgIpc) is 3.33. The van der Waals surface area contributed by atoms with Crippen molar-refractivity contribution < 1.29 is 9.21 Å². The zero-order valence-corrected chi connectivity index (χ0v) is 13.7. The van der Waals surface area contributed by atoms with Crippen molar-refractivity contribution in [3.8, 4) is 11.6 Å². The van der Waals surface area contributed by atoms with Gasteiger partial charge in [-0.1, -0.05) is 0 Å². The van der Waals surface area contributed by atoms with Gasteiger partial charge in [-0.25, -0.2) is 9.89 Å². The van der Waals surface area contributed by atoms with E-state index in [4.69, 9.17) is 4.42 Å². The molecule has 0 spiro atoms. The Bertz CT molecular complexity index is 940. The van der Waals surface area contributed by atoms with Gasteiger partial charge in [-0.05, 0) is 12.1 Å². The second kappa shape index (κ2) is 6.70. The number of furan rings is 1. The van der Waals surface area contributed by atoms with E-state index in [-0.39, 0.29) is 17.5 Å². The lowest BCUT2D eigenvalue weighted by atomic mass is 10.3. The third-order valence-corrected chi connectivity index (χ3v) is 4.04. The molecule has 3 N–H and O–H groups in total. The molecule has 1 fully saturated rings. The van der Waals surface area contributed by atoms with Gasteiger partial charge >= 0.3 is 6.03 Å². The molecule has 1 aliphatic heterocycles. The Labute approximate surface area is 147 Å². The molecule has 0 radical (unpaired) electrons. The highest BCUT2D eigenvalue weighted by atomic mass is 16.3. The first kappa shape index (κ1) is 15.9. The Hall–Kier alpha value is -3.63. The van der Waals surface area contributed by atoms with Crippen molar-refractivity contribution >= 4 is 17.7 Å². The quantitative estimate of drug-likeness (QED) is 0.622. The number of nitrogens with one attached hydrogen (secondary N) is 3. The van der Waals surface area contributed by atoms with E-state index in [1.54, 1.807) is 23.2 Å². The molecule has 11 nitrogen and oxygen atoms in total. The maximum atomic E-state index is 12.4. The van der Waals surface area contributed by atoms with Crippen LogP contribution in [0, 0.1) is 0 Å². The van der Waals surface area contributed by atoms with E-state index in [1.165, 1.54) is 12.3 Å². The molecule has 4 rings (SSSR count). The second-order valence-corrected chi connectivity index (χ2v) is 5.69. The monoisotopic (exact) mass is 356 g/mol. The number of nitrogens with zero attached hydrogens (tertiary/aromatic N) is 5. The first-order chi connectivity index (χ1) is 12.7. The maximum Gasteiger partial charge on any atom is 0.324 e. The molecule has 3 aromatic heterocycles. The van der Waals surface area contributed by atoms with Crippen LogP contribution in [-0.4, -0.2) is 62.5 Å². The van der Waals surface area contributed by atoms with Gasteiger partial charge in [-0.15, -0.1) is 5.10 Å². The number of piperazine rings is 1. The molecule has 0 atom stereocenters. The number of carbonyl (C=O) groups excluding carboxylic acids is 1. The number of carbonyl (C=O) groups is 1. The molecule has 2 amide bonds. The summed E-state index contributed by atoms with van der Waals surface area (Å²) in [5.74, 6) is 1.16. The van der Waals surface area contributed by atoms with E-state index in [2.05, 4.69) is 30.7 Å². The van der Waals surface area contributed by atoms with Gasteiger partial charge in [0, 0.05) is 32.2 Å². The van der Waals surface area contributed by atoms with E-state index in [9.17, 15) is 9.59 Å². The smallest absolute Gasteiger partial charge is 0.324 e. The van der Waals surface area contributed by atoms with Crippen molar-refractivity contribution in [2.75, 3.05) is 36.4 Å². The molecule has 1 aliphatic rings. The van der Waals surface area contributed by atoms with E-state index in [0.29, 0.717) is 37.8 Å². The predicted octanol–water partition coefficient (Wildman–Crippen LogP) is 0.502. The van der Waals surface area contributed by atoms with Crippen LogP contribution < -0.4 is 15.8 Å². The predicted molar refractivity (Wildman–Crippen MR) is 91.7 cm³/mol. The molecular formula is C15H16N8O3. The van der Waals surface area contributed by atoms with Crippen LogP contribution in [0.2, 0.25) is 0 Å². The minimum Gasteiger partial charge on any atom is -0.461 e. The molecule has 1 saturated heterocycles. The maximum absolute atomic E-state index is 12.4. The standard InChI is InChI=1S/C15H16N8O3/c24-12-8-10(9-16-19-12)22-3-5-23(6-4-22)15(25)18-14-17-13(20-21-14)11-2-1-7-26-11/h1-2,7-9H,3-6H2,(H,19,24)(H2,17,18,20,21,25). The number of anilines is 2. The Morgan fingerprint density at radius 2 is 2.08 bits per heavy atom. The number of H-pyrrole nitrogens is 2. The molecule has 0 aromatic carbocycles. The Morgan fingerprint density at radius 3 is 2.81 bits per heavy atom. The summed E-state index contributed by atoms with van der Waals surface area (Å²) in [6, 6.07) is 4.70. The van der Waals surface area contributed by atoms with Gasteiger partial charge in [0.05, 0.1) is 18.1 Å². The number of urea groups is 1. The summed E-state index contributed by atoms with van der Waals surface area (Å²) >= 11 is 0. The summed E-state index contributed by atoms with van der Waals surface area (Å²) in [5.41, 5.74) is 0.491. The Morgan fingerprint density at radius 1 is 1.23 bits per heavy atom. The fourth-order valence-electron chi connectivity index (χ4n) is 2.72. The number of amides is 2. The third kappa shape index (κ3) is 3.27. The third-order valence-electron chi connectivity index (χ3n) is 4.04. The molecule has 0 bridgehead atoms. The van der Waals surface area contributed by atoms with Gasteiger partial charge in [0.2, 0.25) is 0 Å². The summed E-state index contributed by atoms with van der Waals surface area (Å²) in [4.78, 5) is 31.6. The molecule has 11 heteroatoms. The lowest BCUT2D eigenvalue weighted by molar-refractivity contribution is 0.208. The van der Waals surface area contributed by atoms with Crippen LogP contribution in [0.4, 0.5) is 16.4 Å². The normalized spacial score (nSPS) is 14.5. The zero-order chi connectivity index (χ0) is 17.9. The van der Waals surface area contributed by atoms with Gasteiger partial charge in [0.1, 0.15) is 0 Å². The Balaban J connectivity index is 1.34. The first-order valence-corrected chi connectivity index (χ1v) is 8.01. The minimum absolute atomic E-state index is 0.183. The van der Waals surface area contributed by atoms with Crippen LogP contribution in [0.1, 0.15) is 0 Å². The molecular weight excluding hydrogens is 340 g/mol. The molecule has 26 heavy (non-hydrogen) atoms. The summed E-state index contributed by atoms with van der Waals surface area (Å²) in [5, 5.41) is 15.5. The van der Waals surface area contributed by atoms with E-state index >= 15 is 0 Å². The van der Waals surface area contributed by atoms with Crippen molar-refractivity contribution in [3.05, 3.63) is 41.0 Å². The highest BCUT2D eigenvalue weighted by Gasteiger charge is 2.22. The van der Waals surface area contributed by atoms with Crippen LogP contribution in [0.3, 0.4) is 0 Å². The highest BCUT2D eigenvalue weighted by molar-refractivity contribution is 5.87. The summed E-state index contributed by atoms with van der Waals surface area (Å²) in [7, 11) is 0. The van der Waals surface area contributed by atoms with Gasteiger partial charge in [0.15, 0.2) is 11.6 Å². The largest absolute Gasteiger partial charge is 0.461 e.